The van der Waals surface area contributed by atoms with Crippen LogP contribution in [0.1, 0.15) is 54.9 Å². The van der Waals surface area contributed by atoms with Crippen molar-refractivity contribution < 1.29 is 62.4 Å². The van der Waals surface area contributed by atoms with Gasteiger partial charge in [-0.05, 0) is 20.8 Å². The molecule has 1 saturated heterocycles. The van der Waals surface area contributed by atoms with Gasteiger partial charge in [-0.3, -0.25) is 24.0 Å². The van der Waals surface area contributed by atoms with Crippen molar-refractivity contribution in [1.82, 2.24) is 16.0 Å². The van der Waals surface area contributed by atoms with E-state index < -0.39 is 97.0 Å². The van der Waals surface area contributed by atoms with E-state index in [1.807, 2.05) is 0 Å². The number of carbonyl (C=O) groups excluding carboxylic acids is 6. The summed E-state index contributed by atoms with van der Waals surface area (Å²) < 4.78 is 26.3. The number of esters is 3. The van der Waals surface area contributed by atoms with Crippen LogP contribution in [0.15, 0.2) is 0 Å². The van der Waals surface area contributed by atoms with Crippen LogP contribution in [0.5, 0.6) is 0 Å². The van der Waals surface area contributed by atoms with Gasteiger partial charge < -0.3 is 44.7 Å². The smallest absolute Gasteiger partial charge is 0.408 e. The molecule has 6 atom stereocenters. The molecule has 0 bridgehead atoms. The molecule has 0 aliphatic carbocycles. The number of carboxylic acid groups (broad SMARTS) is 1. The molecule has 0 aromatic rings. The van der Waals surface area contributed by atoms with Gasteiger partial charge in [0.1, 0.15) is 30.4 Å². The monoisotopic (exact) mass is 561 g/mol. The molecule has 1 heterocycles. The van der Waals surface area contributed by atoms with Crippen molar-refractivity contribution in [3.05, 3.63) is 0 Å². The molecule has 1 fully saturated rings. The fraction of sp³-hybridized carbons (Fsp3) is 0.696. The first-order valence-electron chi connectivity index (χ1n) is 11.8. The maximum absolute atomic E-state index is 12.8. The minimum Gasteiger partial charge on any atom is -0.480 e. The fourth-order valence-electron chi connectivity index (χ4n) is 3.51. The molecule has 0 aromatic heterocycles. The first-order valence-corrected chi connectivity index (χ1v) is 11.8. The van der Waals surface area contributed by atoms with E-state index in [0.717, 1.165) is 27.7 Å². The van der Waals surface area contributed by atoms with Gasteiger partial charge in [0.05, 0.1) is 6.42 Å². The van der Waals surface area contributed by atoms with E-state index in [-0.39, 0.29) is 0 Å². The molecule has 0 spiro atoms. The number of alkyl carbamates (subject to hydrolysis) is 1. The van der Waals surface area contributed by atoms with Crippen molar-refractivity contribution in [2.45, 2.75) is 97.1 Å². The molecule has 0 unspecified atom stereocenters. The molecule has 0 radical (unpaired) electrons. The zero-order chi connectivity index (χ0) is 30.1. The van der Waals surface area contributed by atoms with Gasteiger partial charge in [0.25, 0.3) is 0 Å². The molecule has 16 heteroatoms. The normalized spacial score (nSPS) is 23.3. The van der Waals surface area contributed by atoms with Crippen LogP contribution in [0.3, 0.4) is 0 Å². The second-order valence-corrected chi connectivity index (χ2v) is 9.58. The van der Waals surface area contributed by atoms with Gasteiger partial charge >= 0.3 is 30.0 Å². The van der Waals surface area contributed by atoms with Crippen molar-refractivity contribution in [3.8, 4) is 0 Å². The number of amides is 3. The average molecular weight is 562 g/mol. The van der Waals surface area contributed by atoms with Crippen molar-refractivity contribution in [1.29, 1.82) is 0 Å². The van der Waals surface area contributed by atoms with Crippen LogP contribution >= 0.6 is 0 Å². The molecule has 4 N–H and O–H groups in total. The summed E-state index contributed by atoms with van der Waals surface area (Å²) in [6.45, 7) is 8.54. The van der Waals surface area contributed by atoms with Crippen LogP contribution in [0.2, 0.25) is 0 Å². The van der Waals surface area contributed by atoms with E-state index in [2.05, 4.69) is 16.0 Å². The third-order valence-electron chi connectivity index (χ3n) is 4.80. The van der Waals surface area contributed by atoms with Gasteiger partial charge in [0.15, 0.2) is 18.4 Å². The molecule has 16 nitrogen and oxygen atoms in total. The fourth-order valence-corrected chi connectivity index (χ4v) is 3.51. The lowest BCUT2D eigenvalue weighted by Crippen LogP contribution is -2.69. The number of hydrogen-bond acceptors (Lipinski definition) is 12. The van der Waals surface area contributed by atoms with Crippen molar-refractivity contribution in [2.75, 3.05) is 6.61 Å². The maximum atomic E-state index is 12.8. The van der Waals surface area contributed by atoms with Gasteiger partial charge in [-0.2, -0.15) is 0 Å². The molecule has 1 rings (SSSR count). The summed E-state index contributed by atoms with van der Waals surface area (Å²) in [6, 6.07) is -3.05. The van der Waals surface area contributed by atoms with E-state index >= 15 is 0 Å². The van der Waals surface area contributed by atoms with Crippen molar-refractivity contribution in [3.63, 3.8) is 0 Å². The molecular weight excluding hydrogens is 526 g/mol. The molecule has 3 amide bonds. The summed E-state index contributed by atoms with van der Waals surface area (Å²) in [4.78, 5) is 83.6. The zero-order valence-corrected chi connectivity index (χ0v) is 22.7. The minimum atomic E-state index is -1.71. The molecule has 1 aliphatic rings. The van der Waals surface area contributed by atoms with Crippen LogP contribution in [-0.4, -0.2) is 95.7 Å². The van der Waals surface area contributed by atoms with Crippen LogP contribution in [0.25, 0.3) is 0 Å². The summed E-state index contributed by atoms with van der Waals surface area (Å²) in [7, 11) is 0. The Hall–Kier alpha value is -3.95. The van der Waals surface area contributed by atoms with Gasteiger partial charge in [-0.1, -0.05) is 0 Å². The third-order valence-corrected chi connectivity index (χ3v) is 4.80. The number of carboxylic acids is 1. The molecule has 1 aliphatic heterocycles. The lowest BCUT2D eigenvalue weighted by Gasteiger charge is -2.45. The van der Waals surface area contributed by atoms with E-state index in [1.165, 1.54) is 0 Å². The Kier molecular flexibility index (Phi) is 12.1. The average Bonchev–Trinajstić information content (AvgIpc) is 2.73. The van der Waals surface area contributed by atoms with Gasteiger partial charge in [0.2, 0.25) is 11.8 Å². The second-order valence-electron chi connectivity index (χ2n) is 9.58. The minimum absolute atomic E-state index is 0.498. The van der Waals surface area contributed by atoms with Crippen molar-refractivity contribution in [2.24, 2.45) is 0 Å². The highest BCUT2D eigenvalue weighted by Gasteiger charge is 2.51. The quantitative estimate of drug-likeness (QED) is 0.188. The van der Waals surface area contributed by atoms with E-state index in [4.69, 9.17) is 23.7 Å². The van der Waals surface area contributed by atoms with Crippen LogP contribution in [-0.2, 0) is 52.5 Å². The molecule has 0 aromatic carbocycles. The summed E-state index contributed by atoms with van der Waals surface area (Å²) in [6.07, 6.45) is -7.45. The third kappa shape index (κ3) is 12.0. The number of rotatable bonds is 10. The summed E-state index contributed by atoms with van der Waals surface area (Å²) >= 11 is 0. The predicted molar refractivity (Wildman–Crippen MR) is 128 cm³/mol. The lowest BCUT2D eigenvalue weighted by molar-refractivity contribution is -0.228. The number of hydrogen-bond donors (Lipinski definition) is 4. The Morgan fingerprint density at radius 2 is 1.44 bits per heavy atom. The molecule has 0 saturated carbocycles. The topological polar surface area (TPSA) is 222 Å². The van der Waals surface area contributed by atoms with Gasteiger partial charge in [0, 0.05) is 27.7 Å². The Balaban J connectivity index is 3.28. The molecular formula is C23H35N3O13. The Bertz CT molecular complexity index is 961. The Labute approximate surface area is 224 Å². The van der Waals surface area contributed by atoms with E-state index in [0.29, 0.717) is 0 Å². The van der Waals surface area contributed by atoms with Crippen LogP contribution < -0.4 is 16.0 Å². The highest BCUT2D eigenvalue weighted by atomic mass is 16.6. The van der Waals surface area contributed by atoms with E-state index in [9.17, 15) is 38.7 Å². The summed E-state index contributed by atoms with van der Waals surface area (Å²) in [5, 5.41) is 16.4. The van der Waals surface area contributed by atoms with Crippen LogP contribution in [0, 0.1) is 0 Å². The number of carbonyl (C=O) groups is 7. The number of nitrogens with one attached hydrogen (secondary N) is 3. The standard InChI is InChI=1S/C23H35N3O13/c1-10(27)24-17-19(37-13(4)30)18(36-12(3)29)15(9-35-11(2)28)38-20(17)26-16(31)8-14(21(32)33)25-22(34)39-23(5,6)7/h14-15,17-20H,8-9H2,1-7H3,(H,24,27)(H,25,34)(H,26,31)(H,32,33)/t14-,15+,17+,18+,19+,20+/m0/s1. The Morgan fingerprint density at radius 3 is 1.90 bits per heavy atom. The van der Waals surface area contributed by atoms with Gasteiger partial charge in [-0.15, -0.1) is 0 Å². The van der Waals surface area contributed by atoms with Crippen LogP contribution in [0.4, 0.5) is 4.79 Å². The second kappa shape index (κ2) is 14.3. The Morgan fingerprint density at radius 1 is 0.872 bits per heavy atom. The largest absolute Gasteiger partial charge is 0.480 e. The maximum Gasteiger partial charge on any atom is 0.408 e. The highest BCUT2D eigenvalue weighted by molar-refractivity contribution is 5.87. The van der Waals surface area contributed by atoms with E-state index in [1.54, 1.807) is 20.8 Å². The zero-order valence-electron chi connectivity index (χ0n) is 22.7. The molecule has 39 heavy (non-hydrogen) atoms. The number of aliphatic carboxylic acids is 1. The van der Waals surface area contributed by atoms with Gasteiger partial charge in [-0.25, -0.2) is 9.59 Å². The summed E-state index contributed by atoms with van der Waals surface area (Å²) in [5.41, 5.74) is -0.932. The SMILES string of the molecule is CC(=O)N[C@@H]1[C@@H](OC(C)=O)[C@H](OC(C)=O)[C@@H](COC(C)=O)O[C@H]1NC(=O)C[C@H](NC(=O)OC(C)(C)C)C(=O)O. The summed E-state index contributed by atoms with van der Waals surface area (Å²) in [5.74, 6) is -5.51. The highest BCUT2D eigenvalue weighted by Crippen LogP contribution is 2.26. The number of ether oxygens (including phenoxy) is 5. The first-order chi connectivity index (χ1) is 17.9. The first kappa shape index (κ1) is 33.1. The predicted octanol–water partition coefficient (Wildman–Crippen LogP) is -0.873. The lowest BCUT2D eigenvalue weighted by atomic mass is 9.95. The van der Waals surface area contributed by atoms with Crippen molar-refractivity contribution >= 4 is 41.8 Å². The molecule has 220 valence electrons.